The lowest BCUT2D eigenvalue weighted by molar-refractivity contribution is -0.126. The van der Waals surface area contributed by atoms with Crippen LogP contribution in [0.5, 0.6) is 0 Å². The maximum atomic E-state index is 13.1. The highest BCUT2D eigenvalue weighted by atomic mass is 16.2. The van der Waals surface area contributed by atoms with Crippen LogP contribution in [0.2, 0.25) is 0 Å². The van der Waals surface area contributed by atoms with Gasteiger partial charge in [0.2, 0.25) is 11.9 Å². The van der Waals surface area contributed by atoms with Crippen LogP contribution in [0.1, 0.15) is 39.2 Å². The summed E-state index contributed by atoms with van der Waals surface area (Å²) in [5, 5.41) is 3.34. The Bertz CT molecular complexity index is 1030. The summed E-state index contributed by atoms with van der Waals surface area (Å²) in [5.41, 5.74) is 2.11. The molecule has 0 radical (unpaired) electrons. The highest BCUT2D eigenvalue weighted by Crippen LogP contribution is 2.27. The van der Waals surface area contributed by atoms with Gasteiger partial charge >= 0.3 is 0 Å². The average Bonchev–Trinajstić information content (AvgIpc) is 3.14. The van der Waals surface area contributed by atoms with Crippen molar-refractivity contribution in [3.05, 3.63) is 48.4 Å². The third kappa shape index (κ3) is 3.76. The van der Waals surface area contributed by atoms with E-state index in [0.717, 1.165) is 42.7 Å². The van der Waals surface area contributed by atoms with E-state index < -0.39 is 5.41 Å². The van der Waals surface area contributed by atoms with Gasteiger partial charge in [-0.05, 0) is 38.2 Å². The van der Waals surface area contributed by atoms with Crippen molar-refractivity contribution in [1.82, 2.24) is 24.8 Å². The minimum Gasteiger partial charge on any atom is -0.352 e. The molecule has 1 N–H and O–H groups in total. The summed E-state index contributed by atoms with van der Waals surface area (Å²) < 4.78 is 1.92. The molecule has 2 aromatic heterocycles. The van der Waals surface area contributed by atoms with E-state index in [1.54, 1.807) is 6.33 Å². The second-order valence-corrected chi connectivity index (χ2v) is 8.71. The third-order valence-electron chi connectivity index (χ3n) is 6.39. The Balaban J connectivity index is 1.46. The number of benzene rings is 1. The Kier molecular flexibility index (Phi) is 5.45. The number of piperidine rings is 1. The lowest BCUT2D eigenvalue weighted by Crippen LogP contribution is -2.54. The third-order valence-corrected chi connectivity index (χ3v) is 6.39. The van der Waals surface area contributed by atoms with Crippen molar-refractivity contribution >= 4 is 23.0 Å². The lowest BCUT2D eigenvalue weighted by Gasteiger charge is -2.40. The van der Waals surface area contributed by atoms with Gasteiger partial charge in [0.05, 0.1) is 17.9 Å². The number of fused-ring (bicyclic) bond motifs is 1. The first-order valence-corrected chi connectivity index (χ1v) is 10.7. The first-order chi connectivity index (χ1) is 14.4. The number of carbonyl (C=O) groups excluding carboxylic acids is 1. The zero-order chi connectivity index (χ0) is 21.3. The van der Waals surface area contributed by atoms with Crippen molar-refractivity contribution in [3.63, 3.8) is 0 Å². The van der Waals surface area contributed by atoms with Gasteiger partial charge in [-0.1, -0.05) is 37.3 Å². The van der Waals surface area contributed by atoms with Crippen LogP contribution in [0.25, 0.3) is 11.2 Å². The van der Waals surface area contributed by atoms with Gasteiger partial charge in [0.25, 0.3) is 0 Å². The van der Waals surface area contributed by atoms with E-state index in [2.05, 4.69) is 32.1 Å². The van der Waals surface area contributed by atoms with Crippen LogP contribution >= 0.6 is 0 Å². The molecule has 30 heavy (non-hydrogen) atoms. The first kappa shape index (κ1) is 20.3. The maximum Gasteiger partial charge on any atom is 0.230 e. The fraction of sp³-hybridized carbons (Fsp3) is 0.478. The average molecular weight is 407 g/mol. The number of rotatable bonds is 5. The number of nitrogens with one attached hydrogen (secondary N) is 1. The van der Waals surface area contributed by atoms with Gasteiger partial charge in [0.15, 0.2) is 5.65 Å². The molecule has 1 fully saturated rings. The molecule has 3 aromatic rings. The van der Waals surface area contributed by atoms with Crippen LogP contribution in [0, 0.1) is 5.92 Å². The molecule has 1 aliphatic heterocycles. The number of anilines is 1. The fourth-order valence-corrected chi connectivity index (χ4v) is 4.21. The number of aromatic nitrogens is 4. The molecule has 4 rings (SSSR count). The van der Waals surface area contributed by atoms with Crippen molar-refractivity contribution < 1.29 is 4.79 Å². The zero-order valence-corrected chi connectivity index (χ0v) is 18.2. The smallest absolute Gasteiger partial charge is 0.230 e. The molecule has 1 amide bonds. The van der Waals surface area contributed by atoms with E-state index in [1.807, 2.05) is 62.0 Å². The van der Waals surface area contributed by atoms with Crippen LogP contribution in [-0.2, 0) is 17.3 Å². The van der Waals surface area contributed by atoms with Gasteiger partial charge in [-0.3, -0.25) is 4.79 Å². The minimum atomic E-state index is -0.566. The van der Waals surface area contributed by atoms with Crippen LogP contribution in [-0.4, -0.2) is 44.6 Å². The van der Waals surface area contributed by atoms with E-state index in [9.17, 15) is 4.79 Å². The standard InChI is InChI=1S/C23H30N6O/c1-5-16-14-29(22-24-13-19-20(27-22)25-15-28(19)4)12-11-18(16)26-21(30)23(2,3)17-9-7-6-8-10-17/h6-10,13,15-16,18H,5,11-12,14H2,1-4H3,(H,26,30)/t16-,18+/m1/s1. The predicted octanol–water partition coefficient (Wildman–Crippen LogP) is 3.06. The summed E-state index contributed by atoms with van der Waals surface area (Å²) in [6, 6.07) is 10.1. The number of hydrogen-bond donors (Lipinski definition) is 1. The van der Waals surface area contributed by atoms with E-state index in [1.165, 1.54) is 0 Å². The molecule has 3 heterocycles. The van der Waals surface area contributed by atoms with Crippen molar-refractivity contribution in [2.24, 2.45) is 13.0 Å². The summed E-state index contributed by atoms with van der Waals surface area (Å²) in [5.74, 6) is 1.14. The quantitative estimate of drug-likeness (QED) is 0.705. The molecule has 0 spiro atoms. The molecular weight excluding hydrogens is 376 g/mol. The monoisotopic (exact) mass is 406 g/mol. The predicted molar refractivity (Wildman–Crippen MR) is 118 cm³/mol. The first-order valence-electron chi connectivity index (χ1n) is 10.7. The Morgan fingerprint density at radius 3 is 2.73 bits per heavy atom. The van der Waals surface area contributed by atoms with Crippen LogP contribution < -0.4 is 10.2 Å². The number of aryl methyl sites for hydroxylation is 1. The van der Waals surface area contributed by atoms with Crippen LogP contribution in [0.3, 0.4) is 0 Å². The SMILES string of the molecule is CC[C@@H]1CN(c2ncc3c(ncn3C)n2)CC[C@@H]1NC(=O)C(C)(C)c1ccccc1. The number of imidazole rings is 1. The number of nitrogens with zero attached hydrogens (tertiary/aromatic N) is 5. The Morgan fingerprint density at radius 2 is 2.00 bits per heavy atom. The highest BCUT2D eigenvalue weighted by Gasteiger charge is 2.35. The molecule has 0 unspecified atom stereocenters. The summed E-state index contributed by atoms with van der Waals surface area (Å²) in [4.78, 5) is 28.9. The van der Waals surface area contributed by atoms with Crippen molar-refractivity contribution in [2.75, 3.05) is 18.0 Å². The zero-order valence-electron chi connectivity index (χ0n) is 18.2. The normalized spacial score (nSPS) is 19.8. The molecule has 158 valence electrons. The second-order valence-electron chi connectivity index (χ2n) is 8.71. The molecule has 1 saturated heterocycles. The molecule has 0 saturated carbocycles. The van der Waals surface area contributed by atoms with Crippen LogP contribution in [0.4, 0.5) is 5.95 Å². The van der Waals surface area contributed by atoms with Gasteiger partial charge in [-0.2, -0.15) is 4.98 Å². The molecule has 2 atom stereocenters. The fourth-order valence-electron chi connectivity index (χ4n) is 4.21. The van der Waals surface area contributed by atoms with Crippen molar-refractivity contribution in [3.8, 4) is 0 Å². The minimum absolute atomic E-state index is 0.0803. The summed E-state index contributed by atoms with van der Waals surface area (Å²) in [6.45, 7) is 7.79. The van der Waals surface area contributed by atoms with Gasteiger partial charge in [0, 0.05) is 26.2 Å². The Morgan fingerprint density at radius 1 is 1.23 bits per heavy atom. The number of amides is 1. The molecule has 0 bridgehead atoms. The summed E-state index contributed by atoms with van der Waals surface area (Å²) in [7, 11) is 1.94. The van der Waals surface area contributed by atoms with Gasteiger partial charge < -0.3 is 14.8 Å². The van der Waals surface area contributed by atoms with Gasteiger partial charge in [0.1, 0.15) is 5.52 Å². The van der Waals surface area contributed by atoms with Crippen molar-refractivity contribution in [1.29, 1.82) is 0 Å². The maximum absolute atomic E-state index is 13.1. The number of hydrogen-bond acceptors (Lipinski definition) is 5. The molecule has 0 aliphatic carbocycles. The van der Waals surface area contributed by atoms with Gasteiger partial charge in [-0.25, -0.2) is 9.97 Å². The lowest BCUT2D eigenvalue weighted by atomic mass is 9.82. The molecule has 7 heteroatoms. The Hall–Kier alpha value is -2.96. The van der Waals surface area contributed by atoms with Crippen molar-refractivity contribution in [2.45, 2.75) is 45.1 Å². The molecule has 1 aliphatic rings. The van der Waals surface area contributed by atoms with Gasteiger partial charge in [-0.15, -0.1) is 0 Å². The summed E-state index contributed by atoms with van der Waals surface area (Å²) >= 11 is 0. The van der Waals surface area contributed by atoms with E-state index in [-0.39, 0.29) is 11.9 Å². The van der Waals surface area contributed by atoms with Crippen LogP contribution in [0.15, 0.2) is 42.9 Å². The molecule has 1 aromatic carbocycles. The van der Waals surface area contributed by atoms with E-state index in [4.69, 9.17) is 0 Å². The highest BCUT2D eigenvalue weighted by molar-refractivity contribution is 5.87. The second kappa shape index (κ2) is 8.05. The molecule has 7 nitrogen and oxygen atoms in total. The molecular formula is C23H30N6O. The van der Waals surface area contributed by atoms with E-state index in [0.29, 0.717) is 11.9 Å². The van der Waals surface area contributed by atoms with E-state index >= 15 is 0 Å². The largest absolute Gasteiger partial charge is 0.352 e. The Labute approximate surface area is 177 Å². The topological polar surface area (TPSA) is 75.9 Å². The summed E-state index contributed by atoms with van der Waals surface area (Å²) in [6.07, 6.45) is 5.45. The number of carbonyl (C=O) groups is 1.